The molecule has 4 nitrogen and oxygen atoms in total. The van der Waals surface area contributed by atoms with Crippen molar-refractivity contribution in [3.05, 3.63) is 82.4 Å². The number of para-hydroxylation sites is 1. The van der Waals surface area contributed by atoms with Gasteiger partial charge in [0.2, 0.25) is 0 Å². The molecule has 1 amide bonds. The highest BCUT2D eigenvalue weighted by atomic mass is 35.5. The number of carbonyl (C=O) groups is 1. The largest absolute Gasteiger partial charge is 0.434 e. The first-order chi connectivity index (χ1) is 13.2. The van der Waals surface area contributed by atoms with E-state index in [0.717, 1.165) is 23.2 Å². The zero-order chi connectivity index (χ0) is 20.5. The third-order valence-electron chi connectivity index (χ3n) is 4.03. The van der Waals surface area contributed by atoms with Gasteiger partial charge < -0.3 is 4.90 Å². The van der Waals surface area contributed by atoms with Crippen LogP contribution in [0.3, 0.4) is 0 Å². The van der Waals surface area contributed by atoms with Crippen LogP contribution in [0, 0.1) is 5.82 Å². The minimum absolute atomic E-state index is 0.0676. The van der Waals surface area contributed by atoms with Gasteiger partial charge in [-0.05, 0) is 29.8 Å². The van der Waals surface area contributed by atoms with Gasteiger partial charge in [-0.3, -0.25) is 4.79 Å². The molecule has 146 valence electrons. The number of hydrogen-bond acceptors (Lipinski definition) is 2. The van der Waals surface area contributed by atoms with Gasteiger partial charge >= 0.3 is 6.18 Å². The van der Waals surface area contributed by atoms with E-state index in [9.17, 15) is 22.4 Å². The topological polar surface area (TPSA) is 38.1 Å². The van der Waals surface area contributed by atoms with Crippen LogP contribution in [-0.4, -0.2) is 27.6 Å². The van der Waals surface area contributed by atoms with Gasteiger partial charge in [0.05, 0.1) is 11.8 Å². The van der Waals surface area contributed by atoms with Crippen LogP contribution in [0.15, 0.2) is 54.7 Å². The van der Waals surface area contributed by atoms with Gasteiger partial charge in [-0.25, -0.2) is 9.07 Å². The normalized spacial score (nSPS) is 11.5. The van der Waals surface area contributed by atoms with Crippen molar-refractivity contribution in [2.75, 3.05) is 7.05 Å². The molecule has 28 heavy (non-hydrogen) atoms. The van der Waals surface area contributed by atoms with Gasteiger partial charge in [-0.2, -0.15) is 18.3 Å². The first kappa shape index (κ1) is 19.9. The second-order valence-corrected chi connectivity index (χ2v) is 6.49. The predicted octanol–water partition coefficient (Wildman–Crippen LogP) is 4.96. The summed E-state index contributed by atoms with van der Waals surface area (Å²) in [7, 11) is 1.37. The Kier molecular flexibility index (Phi) is 5.42. The van der Waals surface area contributed by atoms with E-state index < -0.39 is 34.8 Å². The molecule has 0 aliphatic carbocycles. The fraction of sp³-hybridized carbons (Fsp3) is 0.158. The number of rotatable bonds is 4. The molecule has 0 aliphatic heterocycles. The van der Waals surface area contributed by atoms with E-state index in [1.807, 2.05) is 0 Å². The standard InChI is InChI=1S/C19H14ClF4N3O/c1-26(11-12-6-8-13(20)9-7-12)18(28)14-10-25-27(17(14)19(22,23)24)16-5-3-2-4-15(16)21/h2-10H,11H2,1H3. The van der Waals surface area contributed by atoms with E-state index in [-0.39, 0.29) is 6.54 Å². The summed E-state index contributed by atoms with van der Waals surface area (Å²) in [6.07, 6.45) is -4.11. The van der Waals surface area contributed by atoms with E-state index in [1.165, 1.54) is 19.2 Å². The molecule has 3 aromatic rings. The van der Waals surface area contributed by atoms with Crippen LogP contribution < -0.4 is 0 Å². The number of nitrogens with zero attached hydrogens (tertiary/aromatic N) is 3. The molecular formula is C19H14ClF4N3O. The Hall–Kier alpha value is -2.87. The maximum atomic E-state index is 14.0. The zero-order valence-corrected chi connectivity index (χ0v) is 15.3. The summed E-state index contributed by atoms with van der Waals surface area (Å²) in [5, 5.41) is 4.13. The maximum Gasteiger partial charge on any atom is 0.434 e. The quantitative estimate of drug-likeness (QED) is 0.569. The molecule has 3 rings (SSSR count). The summed E-state index contributed by atoms with van der Waals surface area (Å²) in [5.74, 6) is -1.77. The number of amides is 1. The summed E-state index contributed by atoms with van der Waals surface area (Å²) in [6.45, 7) is 0.0676. The molecule has 1 aromatic heterocycles. The lowest BCUT2D eigenvalue weighted by atomic mass is 10.1. The first-order valence-corrected chi connectivity index (χ1v) is 8.46. The average Bonchev–Trinajstić information content (AvgIpc) is 3.08. The van der Waals surface area contributed by atoms with Gasteiger partial charge in [-0.1, -0.05) is 35.9 Å². The Balaban J connectivity index is 1.98. The highest BCUT2D eigenvalue weighted by molar-refractivity contribution is 6.30. The van der Waals surface area contributed by atoms with E-state index in [0.29, 0.717) is 15.3 Å². The van der Waals surface area contributed by atoms with Crippen molar-refractivity contribution in [1.82, 2.24) is 14.7 Å². The van der Waals surface area contributed by atoms with Crippen molar-refractivity contribution in [2.45, 2.75) is 12.7 Å². The summed E-state index contributed by atoms with van der Waals surface area (Å²) in [5.41, 5.74) is -1.69. The molecule has 9 heteroatoms. The third kappa shape index (κ3) is 4.01. The van der Waals surface area contributed by atoms with Crippen molar-refractivity contribution in [2.24, 2.45) is 0 Å². The molecule has 0 unspecified atom stereocenters. The Morgan fingerprint density at radius 1 is 1.14 bits per heavy atom. The maximum absolute atomic E-state index is 14.0. The van der Waals surface area contributed by atoms with Crippen molar-refractivity contribution >= 4 is 17.5 Å². The number of halogens is 5. The monoisotopic (exact) mass is 411 g/mol. The third-order valence-corrected chi connectivity index (χ3v) is 4.28. The van der Waals surface area contributed by atoms with Crippen molar-refractivity contribution in [3.8, 4) is 5.69 Å². The number of hydrogen-bond donors (Lipinski definition) is 0. The first-order valence-electron chi connectivity index (χ1n) is 8.08. The molecule has 0 atom stereocenters. The SMILES string of the molecule is CN(Cc1ccc(Cl)cc1)C(=O)c1cnn(-c2ccccc2F)c1C(F)(F)F. The Bertz CT molecular complexity index is 999. The molecule has 0 radical (unpaired) electrons. The second kappa shape index (κ2) is 7.63. The van der Waals surface area contributed by atoms with Crippen molar-refractivity contribution < 1.29 is 22.4 Å². The highest BCUT2D eigenvalue weighted by Crippen LogP contribution is 2.34. The van der Waals surface area contributed by atoms with Gasteiger partial charge in [0.25, 0.3) is 5.91 Å². The van der Waals surface area contributed by atoms with E-state index in [4.69, 9.17) is 11.6 Å². The van der Waals surface area contributed by atoms with Gasteiger partial charge in [0.15, 0.2) is 5.69 Å². The summed E-state index contributed by atoms with van der Waals surface area (Å²) >= 11 is 5.80. The van der Waals surface area contributed by atoms with Crippen LogP contribution in [0.25, 0.3) is 5.69 Å². The molecule has 0 bridgehead atoms. The van der Waals surface area contributed by atoms with Crippen LogP contribution in [-0.2, 0) is 12.7 Å². The molecule has 2 aromatic carbocycles. The summed E-state index contributed by atoms with van der Waals surface area (Å²) in [4.78, 5) is 13.8. The Morgan fingerprint density at radius 3 is 2.39 bits per heavy atom. The molecule has 0 N–H and O–H groups in total. The van der Waals surface area contributed by atoms with E-state index >= 15 is 0 Å². The van der Waals surface area contributed by atoms with E-state index in [2.05, 4.69) is 5.10 Å². The fourth-order valence-electron chi connectivity index (χ4n) is 2.72. The number of aromatic nitrogens is 2. The second-order valence-electron chi connectivity index (χ2n) is 6.06. The lowest BCUT2D eigenvalue weighted by molar-refractivity contribution is -0.143. The molecule has 1 heterocycles. The van der Waals surface area contributed by atoms with Crippen LogP contribution in [0.1, 0.15) is 21.6 Å². The Labute approximate surface area is 162 Å². The average molecular weight is 412 g/mol. The predicted molar refractivity (Wildman–Crippen MR) is 95.8 cm³/mol. The molecule has 0 spiro atoms. The van der Waals surface area contributed by atoms with Crippen LogP contribution in [0.2, 0.25) is 5.02 Å². The van der Waals surface area contributed by atoms with Gasteiger partial charge in [-0.15, -0.1) is 0 Å². The van der Waals surface area contributed by atoms with Crippen LogP contribution in [0.4, 0.5) is 17.6 Å². The van der Waals surface area contributed by atoms with E-state index in [1.54, 1.807) is 24.3 Å². The zero-order valence-electron chi connectivity index (χ0n) is 14.5. The molecule has 0 fully saturated rings. The fourth-order valence-corrected chi connectivity index (χ4v) is 2.85. The molecule has 0 saturated carbocycles. The minimum atomic E-state index is -4.91. The van der Waals surface area contributed by atoms with Gasteiger partial charge in [0, 0.05) is 18.6 Å². The smallest absolute Gasteiger partial charge is 0.337 e. The lowest BCUT2D eigenvalue weighted by Gasteiger charge is -2.19. The van der Waals surface area contributed by atoms with Crippen molar-refractivity contribution in [1.29, 1.82) is 0 Å². The van der Waals surface area contributed by atoms with Crippen LogP contribution >= 0.6 is 11.6 Å². The number of benzene rings is 2. The molecule has 0 saturated heterocycles. The summed E-state index contributed by atoms with van der Waals surface area (Å²) < 4.78 is 55.5. The molecule has 0 aliphatic rings. The minimum Gasteiger partial charge on any atom is -0.337 e. The van der Waals surface area contributed by atoms with Crippen LogP contribution in [0.5, 0.6) is 0 Å². The molecular weight excluding hydrogens is 398 g/mol. The van der Waals surface area contributed by atoms with Crippen molar-refractivity contribution in [3.63, 3.8) is 0 Å². The highest BCUT2D eigenvalue weighted by Gasteiger charge is 2.41. The number of alkyl halides is 3. The number of carbonyl (C=O) groups excluding carboxylic acids is 1. The van der Waals surface area contributed by atoms with Gasteiger partial charge in [0.1, 0.15) is 11.5 Å². The summed E-state index contributed by atoms with van der Waals surface area (Å²) in [6, 6.07) is 11.5. The lowest BCUT2D eigenvalue weighted by Crippen LogP contribution is -2.28. The Morgan fingerprint density at radius 2 is 1.79 bits per heavy atom.